The highest BCUT2D eigenvalue weighted by atomic mass is 28.4. The maximum absolute atomic E-state index is 7.90. The van der Waals surface area contributed by atoms with Crippen molar-refractivity contribution in [2.45, 2.75) is 315 Å². The Morgan fingerprint density at radius 3 is 1.06 bits per heavy atom. The molecule has 0 saturated carbocycles. The summed E-state index contributed by atoms with van der Waals surface area (Å²) in [7, 11) is -27.6. The molecule has 0 unspecified atom stereocenters. The summed E-state index contributed by atoms with van der Waals surface area (Å²) >= 11 is 0. The highest BCUT2D eigenvalue weighted by molar-refractivity contribution is 6.73. The molecule has 0 bridgehead atoms. The van der Waals surface area contributed by atoms with Crippen molar-refractivity contribution in [2.24, 2.45) is 5.16 Å². The fourth-order valence-electron chi connectivity index (χ4n) is 8.89. The summed E-state index contributed by atoms with van der Waals surface area (Å²) in [6.07, 6.45) is -9.35. The Kier molecular flexibility index (Phi) is 29.6. The number of ether oxygens (including phenoxy) is 4. The Bertz CT molecular complexity index is 1970. The van der Waals surface area contributed by atoms with E-state index in [4.69, 9.17) is 77.3 Å². The Labute approximate surface area is 521 Å². The molecule has 0 aliphatic carbocycles. The molecule has 2 saturated heterocycles. The van der Waals surface area contributed by atoms with Gasteiger partial charge in [0.2, 0.25) is 0 Å². The van der Waals surface area contributed by atoms with Crippen molar-refractivity contribution in [3.63, 3.8) is 0 Å². The van der Waals surface area contributed by atoms with Crippen molar-refractivity contribution in [2.75, 3.05) is 26.4 Å². The lowest BCUT2D eigenvalue weighted by Crippen LogP contribution is -2.69. The lowest BCUT2D eigenvalue weighted by Gasteiger charge is -2.53. The van der Waals surface area contributed by atoms with Crippen molar-refractivity contribution in [3.05, 3.63) is 0 Å². The zero-order valence-corrected chi connectivity index (χ0v) is 71.8. The highest BCUT2D eigenvalue weighted by Crippen LogP contribution is 2.39. The standard InChI is InChI=1S/C54H129NO16Si12/c1-72(2,3)57-37-41(55-71-83(34,35)36)45(64-76(13,14)15)46(44(63-75(10,11)12)40-59-74(7,8)9)62-54-52(70-82(31,32)33)50(68-80(25,26)27)47(65-77(16,17)18)42(61-54)38-56-53-51(69-81(28,29)30)49(67-79(22,23)24)48(66-78(19,20)21)43(60-53)39-58-73(4,5)6/h42-54H,37-40H2,1-36H3/b55-41+/t42-,43-,44+,45+,46-,47-,48-,49+,50+,51+,52+,53-,54+/m1/s1. The third-order valence-corrected chi connectivity index (χ3v) is 22.8. The van der Waals surface area contributed by atoms with Crippen LogP contribution in [-0.2, 0) is 72.2 Å². The number of rotatable bonds is 35. The van der Waals surface area contributed by atoms with Crippen molar-refractivity contribution in [1.29, 1.82) is 0 Å². The predicted octanol–water partition coefficient (Wildman–Crippen LogP) is 14.4. The summed E-state index contributed by atoms with van der Waals surface area (Å²) in [5.41, 5.74) is 0.592. The van der Waals surface area contributed by atoms with Gasteiger partial charge in [-0.15, -0.1) is 5.16 Å². The van der Waals surface area contributed by atoms with Crippen molar-refractivity contribution in [3.8, 4) is 0 Å². The van der Waals surface area contributed by atoms with Gasteiger partial charge in [-0.25, -0.2) is 0 Å². The molecule has 2 heterocycles. The topological polar surface area (TPSA) is 160 Å². The van der Waals surface area contributed by atoms with E-state index in [1.54, 1.807) is 0 Å². The fourth-order valence-corrected chi connectivity index (χ4v) is 19.8. The van der Waals surface area contributed by atoms with Crippen LogP contribution in [0.4, 0.5) is 0 Å². The van der Waals surface area contributed by atoms with Crippen molar-refractivity contribution in [1.82, 2.24) is 0 Å². The zero-order chi connectivity index (χ0) is 64.9. The number of hydrogen-bond acceptors (Lipinski definition) is 17. The molecule has 83 heavy (non-hydrogen) atoms. The first-order chi connectivity index (χ1) is 36.6. The van der Waals surface area contributed by atoms with Crippen molar-refractivity contribution >= 4 is 106 Å². The first-order valence-electron chi connectivity index (χ1n) is 30.7. The second kappa shape index (κ2) is 30.5. The molecule has 2 aliphatic heterocycles. The summed E-state index contributed by atoms with van der Waals surface area (Å²) in [5, 5.41) is 5.05. The van der Waals surface area contributed by atoms with E-state index >= 15 is 0 Å². The van der Waals surface area contributed by atoms with E-state index in [1.807, 2.05) is 0 Å². The van der Waals surface area contributed by atoms with Crippen LogP contribution in [0.5, 0.6) is 0 Å². The van der Waals surface area contributed by atoms with Gasteiger partial charge in [-0.1, -0.05) is 0 Å². The van der Waals surface area contributed by atoms with Gasteiger partial charge in [0.15, 0.2) is 104 Å². The molecule has 17 nitrogen and oxygen atoms in total. The van der Waals surface area contributed by atoms with Crippen LogP contribution in [0, 0.1) is 0 Å². The summed E-state index contributed by atoms with van der Waals surface area (Å²) < 4.78 is 116. The van der Waals surface area contributed by atoms with E-state index in [0.29, 0.717) is 12.3 Å². The molecule has 0 spiro atoms. The SMILES string of the molecule is C[Si](C)(C)OC/C(=N\O[Si](C)(C)C)[C@H](O[Si](C)(C)C)[C@H](O[C@@H]1O[C@H](CO[C@@H]2O[C@H](CO[Si](C)(C)C)[C@@H](O[Si](C)(C)C)[C@H](O[Si](C)(C)C)[C@@H]2O[Si](C)(C)C)[C@@H](O[Si](C)(C)C)[C@H](O[Si](C)(C)C)[C@@H]1O[Si](C)(C)C)[C@H](CO[Si](C)(C)C)O[Si](C)(C)C. The quantitative estimate of drug-likeness (QED) is 0.0335. The van der Waals surface area contributed by atoms with Gasteiger partial charge in [0.05, 0.1) is 32.5 Å². The molecule has 13 atom stereocenters. The maximum atomic E-state index is 7.90. The minimum absolute atomic E-state index is 0.0190. The van der Waals surface area contributed by atoms with Gasteiger partial charge in [0.1, 0.15) is 66.8 Å². The smallest absolute Gasteiger partial charge is 0.278 e. The highest BCUT2D eigenvalue weighted by Gasteiger charge is 2.57. The monoisotopic (exact) mass is 1380 g/mol. The second-order valence-electron chi connectivity index (χ2n) is 34.6. The molecule has 29 heteroatoms. The molecule has 2 aliphatic rings. The molecule has 494 valence electrons. The van der Waals surface area contributed by atoms with Crippen LogP contribution in [0.3, 0.4) is 0 Å². The first kappa shape index (κ1) is 80.6. The summed E-state index contributed by atoms with van der Waals surface area (Å²) in [6, 6.07) is 0. The Morgan fingerprint density at radius 2 is 0.699 bits per heavy atom. The molecule has 0 radical (unpaired) electrons. The van der Waals surface area contributed by atoms with Gasteiger partial charge >= 0.3 is 0 Å². The third-order valence-electron chi connectivity index (χ3n) is 11.3. The minimum Gasteiger partial charge on any atom is -0.456 e. The van der Waals surface area contributed by atoms with E-state index in [-0.39, 0.29) is 19.8 Å². The summed E-state index contributed by atoms with van der Waals surface area (Å²) in [4.78, 5) is 0. The molecule has 2 rings (SSSR count). The van der Waals surface area contributed by atoms with E-state index in [2.05, 4.69) is 236 Å². The lowest BCUT2D eigenvalue weighted by molar-refractivity contribution is -0.332. The van der Waals surface area contributed by atoms with Crippen LogP contribution >= 0.6 is 0 Å². The molecular formula is C54H129NO16Si12. The molecule has 2 fully saturated rings. The lowest BCUT2D eigenvalue weighted by atomic mass is 9.98. The van der Waals surface area contributed by atoms with E-state index in [9.17, 15) is 0 Å². The average Bonchev–Trinajstić information content (AvgIpc) is 3.18. The maximum Gasteiger partial charge on any atom is 0.278 e. The average molecular weight is 1390 g/mol. The molecule has 0 aromatic carbocycles. The fraction of sp³-hybridized carbons (Fsp3) is 0.981. The van der Waals surface area contributed by atoms with Gasteiger partial charge in [-0.3, -0.25) is 0 Å². The van der Waals surface area contributed by atoms with Gasteiger partial charge in [0, 0.05) is 0 Å². The molecule has 0 aromatic heterocycles. The Morgan fingerprint density at radius 1 is 0.349 bits per heavy atom. The number of oxime groups is 1. The van der Waals surface area contributed by atoms with Crippen molar-refractivity contribution < 1.29 is 72.2 Å². The number of nitrogens with zero attached hydrogens (tertiary/aromatic N) is 1. The zero-order valence-electron chi connectivity index (χ0n) is 59.8. The van der Waals surface area contributed by atoms with E-state index < -0.39 is 180 Å². The Hall–Kier alpha value is 1.47. The van der Waals surface area contributed by atoms with Gasteiger partial charge in [-0.05, 0) is 236 Å². The van der Waals surface area contributed by atoms with Gasteiger partial charge < -0.3 is 72.2 Å². The predicted molar refractivity (Wildman–Crippen MR) is 374 cm³/mol. The molecule has 0 aromatic rings. The van der Waals surface area contributed by atoms with Gasteiger partial charge in [0.25, 0.3) is 8.32 Å². The molecular weight excluding hydrogens is 1260 g/mol. The second-order valence-corrected chi connectivity index (χ2v) is 88.3. The summed E-state index contributed by atoms with van der Waals surface area (Å²) in [6.45, 7) is 79.6. The number of hydrogen-bond donors (Lipinski definition) is 0. The minimum atomic E-state index is -2.48. The largest absolute Gasteiger partial charge is 0.456 e. The molecule has 0 N–H and O–H groups in total. The van der Waals surface area contributed by atoms with E-state index in [0.717, 1.165) is 0 Å². The normalized spacial score (nSPS) is 27.0. The van der Waals surface area contributed by atoms with Crippen LogP contribution in [0.2, 0.25) is 236 Å². The van der Waals surface area contributed by atoms with Crippen LogP contribution in [-0.4, -0.2) is 212 Å². The molecule has 0 amide bonds. The van der Waals surface area contributed by atoms with Crippen LogP contribution in [0.1, 0.15) is 0 Å². The first-order valence-corrected chi connectivity index (χ1v) is 71.6. The Balaban J connectivity index is 3.30. The summed E-state index contributed by atoms with van der Waals surface area (Å²) in [5.74, 6) is 0. The third kappa shape index (κ3) is 34.6. The van der Waals surface area contributed by atoms with Crippen LogP contribution in [0.15, 0.2) is 5.16 Å². The van der Waals surface area contributed by atoms with Crippen LogP contribution in [0.25, 0.3) is 0 Å². The van der Waals surface area contributed by atoms with E-state index in [1.165, 1.54) is 0 Å². The van der Waals surface area contributed by atoms with Crippen LogP contribution < -0.4 is 0 Å². The van der Waals surface area contributed by atoms with Gasteiger partial charge in [-0.2, -0.15) is 0 Å².